The summed E-state index contributed by atoms with van der Waals surface area (Å²) in [7, 11) is 0. The van der Waals surface area contributed by atoms with Gasteiger partial charge in [-0.25, -0.2) is 14.4 Å². The molecule has 0 unspecified atom stereocenters. The van der Waals surface area contributed by atoms with Gasteiger partial charge in [0.05, 0.1) is 11.9 Å². The number of hydrogen-bond acceptors (Lipinski definition) is 6. The molecule has 0 radical (unpaired) electrons. The van der Waals surface area contributed by atoms with Gasteiger partial charge in [0.15, 0.2) is 11.3 Å². The molecule has 6 rings (SSSR count). The van der Waals surface area contributed by atoms with Gasteiger partial charge in [-0.3, -0.25) is 9.67 Å². The van der Waals surface area contributed by atoms with Crippen LogP contribution in [-0.2, 0) is 25.8 Å². The van der Waals surface area contributed by atoms with Crippen LogP contribution in [0.4, 0.5) is 15.9 Å². The summed E-state index contributed by atoms with van der Waals surface area (Å²) < 4.78 is 15.5. The van der Waals surface area contributed by atoms with E-state index in [4.69, 9.17) is 5.10 Å². The van der Waals surface area contributed by atoms with Gasteiger partial charge in [-0.1, -0.05) is 30.3 Å². The van der Waals surface area contributed by atoms with Crippen LogP contribution in [0.2, 0.25) is 0 Å². The predicted molar refractivity (Wildman–Crippen MR) is 140 cm³/mol. The van der Waals surface area contributed by atoms with Crippen molar-refractivity contribution in [3.63, 3.8) is 0 Å². The molecule has 2 N–H and O–H groups in total. The predicted octanol–water partition coefficient (Wildman–Crippen LogP) is 4.49. The van der Waals surface area contributed by atoms with Crippen molar-refractivity contribution in [2.45, 2.75) is 38.6 Å². The molecule has 7 nitrogen and oxygen atoms in total. The van der Waals surface area contributed by atoms with Crippen LogP contribution in [0.1, 0.15) is 29.5 Å². The van der Waals surface area contributed by atoms with E-state index in [0.29, 0.717) is 5.92 Å². The number of piperidine rings is 1. The van der Waals surface area contributed by atoms with Crippen molar-refractivity contribution in [1.29, 1.82) is 0 Å². The molecule has 2 aliphatic heterocycles. The highest BCUT2D eigenvalue weighted by atomic mass is 19.1. The molecule has 4 heterocycles. The Morgan fingerprint density at radius 3 is 2.72 bits per heavy atom. The maximum absolute atomic E-state index is 13.4. The largest absolute Gasteiger partial charge is 0.368 e. The Hall–Kier alpha value is -3.65. The zero-order chi connectivity index (χ0) is 24.3. The molecular weight excluding hydrogens is 453 g/mol. The van der Waals surface area contributed by atoms with E-state index in [1.165, 1.54) is 36.1 Å². The summed E-state index contributed by atoms with van der Waals surface area (Å²) in [4.78, 5) is 13.5. The third-order valence-corrected chi connectivity index (χ3v) is 7.11. The molecule has 1 fully saturated rings. The molecule has 0 amide bonds. The second kappa shape index (κ2) is 10.1. The maximum atomic E-state index is 13.4. The number of nitrogens with zero attached hydrogens (tertiary/aromatic N) is 5. The quantitative estimate of drug-likeness (QED) is 0.386. The third-order valence-electron chi connectivity index (χ3n) is 7.11. The number of rotatable bonds is 8. The molecule has 0 spiro atoms. The van der Waals surface area contributed by atoms with Gasteiger partial charge in [-0.05, 0) is 67.1 Å². The Bertz CT molecular complexity index is 1390. The van der Waals surface area contributed by atoms with Crippen molar-refractivity contribution in [2.24, 2.45) is 10.9 Å². The molecule has 0 saturated carbocycles. The third kappa shape index (κ3) is 5.14. The Labute approximate surface area is 209 Å². The zero-order valence-electron chi connectivity index (χ0n) is 20.3. The first-order valence-corrected chi connectivity index (χ1v) is 12.7. The monoisotopic (exact) mass is 483 g/mol. The highest BCUT2D eigenvalue weighted by Crippen LogP contribution is 2.28. The van der Waals surface area contributed by atoms with Crippen molar-refractivity contribution in [2.75, 3.05) is 25.0 Å². The smallest absolute Gasteiger partial charge is 0.157 e. The summed E-state index contributed by atoms with van der Waals surface area (Å²) in [5, 5.41) is 11.7. The van der Waals surface area contributed by atoms with Gasteiger partial charge >= 0.3 is 0 Å². The molecule has 184 valence electrons. The van der Waals surface area contributed by atoms with Crippen LogP contribution >= 0.6 is 0 Å². The van der Waals surface area contributed by atoms with E-state index >= 15 is 0 Å². The standard InChI is InChI=1S/C28H30FN7/c29-23-6-5-22-14-24(34-25(22)15-23)13-20-3-1-19(2-4-20)9-12-31-28-27-26(32-18-33-28)17-36(35-27)16-21-7-10-30-11-8-21/h1-6,15,17-18,21,30H,7-14,16H2,(H,31,32,33). The Morgan fingerprint density at radius 1 is 1.03 bits per heavy atom. The van der Waals surface area contributed by atoms with Crippen molar-refractivity contribution >= 4 is 28.3 Å². The molecule has 0 atom stereocenters. The fourth-order valence-electron chi connectivity index (χ4n) is 5.14. The fourth-order valence-corrected chi connectivity index (χ4v) is 5.14. The highest BCUT2D eigenvalue weighted by molar-refractivity contribution is 5.95. The minimum absolute atomic E-state index is 0.232. The molecule has 2 aromatic heterocycles. The van der Waals surface area contributed by atoms with E-state index in [1.54, 1.807) is 6.33 Å². The molecule has 1 saturated heterocycles. The van der Waals surface area contributed by atoms with E-state index < -0.39 is 0 Å². The molecule has 4 aromatic rings. The van der Waals surface area contributed by atoms with E-state index in [9.17, 15) is 4.39 Å². The number of fused-ring (bicyclic) bond motifs is 2. The van der Waals surface area contributed by atoms with Crippen LogP contribution in [-0.4, -0.2) is 45.1 Å². The summed E-state index contributed by atoms with van der Waals surface area (Å²) >= 11 is 0. The van der Waals surface area contributed by atoms with Crippen LogP contribution in [0.15, 0.2) is 60.0 Å². The lowest BCUT2D eigenvalue weighted by Crippen LogP contribution is -2.29. The summed E-state index contributed by atoms with van der Waals surface area (Å²) in [6.07, 6.45) is 8.48. The topological polar surface area (TPSA) is 80.0 Å². The minimum atomic E-state index is -0.232. The molecule has 2 aliphatic rings. The first-order valence-electron chi connectivity index (χ1n) is 12.7. The molecule has 8 heteroatoms. The van der Waals surface area contributed by atoms with Crippen molar-refractivity contribution in [3.8, 4) is 0 Å². The van der Waals surface area contributed by atoms with E-state index in [1.807, 2.05) is 16.9 Å². The second-order valence-electron chi connectivity index (χ2n) is 9.80. The number of hydrogen-bond donors (Lipinski definition) is 2. The Balaban J connectivity index is 1.04. The van der Waals surface area contributed by atoms with Gasteiger partial charge < -0.3 is 10.6 Å². The van der Waals surface area contributed by atoms with Crippen LogP contribution in [0, 0.1) is 11.7 Å². The number of benzene rings is 2. The Morgan fingerprint density at radius 2 is 1.86 bits per heavy atom. The zero-order valence-corrected chi connectivity index (χ0v) is 20.3. The van der Waals surface area contributed by atoms with E-state index in [0.717, 1.165) is 79.3 Å². The van der Waals surface area contributed by atoms with Crippen LogP contribution in [0.3, 0.4) is 0 Å². The normalized spacial score (nSPS) is 15.8. The summed E-state index contributed by atoms with van der Waals surface area (Å²) in [6.45, 7) is 3.87. The SMILES string of the molecule is Fc1ccc2c(c1)N=C(Cc1ccc(CCNc3ncnc4cn(CC5CCNCC5)nc34)cc1)C2. The summed E-state index contributed by atoms with van der Waals surface area (Å²) in [5.74, 6) is 1.22. The molecular formula is C28H30FN7. The van der Waals surface area contributed by atoms with Crippen LogP contribution in [0.5, 0.6) is 0 Å². The highest BCUT2D eigenvalue weighted by Gasteiger charge is 2.17. The molecule has 2 aromatic carbocycles. The molecule has 0 bridgehead atoms. The van der Waals surface area contributed by atoms with Crippen molar-refractivity contribution in [1.82, 2.24) is 25.1 Å². The number of anilines is 1. The van der Waals surface area contributed by atoms with E-state index in [2.05, 4.69) is 49.9 Å². The van der Waals surface area contributed by atoms with Gasteiger partial charge in [0.2, 0.25) is 0 Å². The first-order chi connectivity index (χ1) is 17.7. The number of aromatic nitrogens is 4. The number of nitrogens with one attached hydrogen (secondary N) is 2. The van der Waals surface area contributed by atoms with Gasteiger partial charge in [0.1, 0.15) is 17.7 Å². The fraction of sp³-hybridized carbons (Fsp3) is 0.357. The first kappa shape index (κ1) is 22.8. The maximum Gasteiger partial charge on any atom is 0.157 e. The lowest BCUT2D eigenvalue weighted by molar-refractivity contribution is 0.322. The van der Waals surface area contributed by atoms with Gasteiger partial charge in [-0.15, -0.1) is 0 Å². The average Bonchev–Trinajstić information content (AvgIpc) is 3.49. The second-order valence-corrected chi connectivity index (χ2v) is 9.80. The minimum Gasteiger partial charge on any atom is -0.368 e. The van der Waals surface area contributed by atoms with Gasteiger partial charge in [0, 0.05) is 31.6 Å². The van der Waals surface area contributed by atoms with Crippen LogP contribution in [0.25, 0.3) is 11.0 Å². The lowest BCUT2D eigenvalue weighted by Gasteiger charge is -2.22. The van der Waals surface area contributed by atoms with E-state index in [-0.39, 0.29) is 5.82 Å². The number of halogens is 1. The summed E-state index contributed by atoms with van der Waals surface area (Å²) in [6, 6.07) is 13.5. The molecule has 36 heavy (non-hydrogen) atoms. The molecule has 0 aliphatic carbocycles. The van der Waals surface area contributed by atoms with Crippen molar-refractivity contribution in [3.05, 3.63) is 77.5 Å². The summed E-state index contributed by atoms with van der Waals surface area (Å²) in [5.41, 5.74) is 7.14. The van der Waals surface area contributed by atoms with Crippen molar-refractivity contribution < 1.29 is 4.39 Å². The lowest BCUT2D eigenvalue weighted by atomic mass is 9.98. The van der Waals surface area contributed by atoms with Crippen LogP contribution < -0.4 is 10.6 Å². The Kier molecular flexibility index (Phi) is 6.42. The average molecular weight is 484 g/mol. The number of aliphatic imine (C=N–C) groups is 1. The van der Waals surface area contributed by atoms with Gasteiger partial charge in [-0.2, -0.15) is 5.10 Å². The van der Waals surface area contributed by atoms with Gasteiger partial charge in [0.25, 0.3) is 0 Å².